The van der Waals surface area contributed by atoms with Crippen LogP contribution in [-0.2, 0) is 26.8 Å². The van der Waals surface area contributed by atoms with Gasteiger partial charge in [0.25, 0.3) is 11.5 Å². The molecule has 0 saturated heterocycles. The third kappa shape index (κ3) is 7.44. The molecule has 218 valence electrons. The molecule has 0 fully saturated rings. The average molecular weight is 571 g/mol. The minimum atomic E-state index is -3.29. The first-order chi connectivity index (χ1) is 19.3. The van der Waals surface area contributed by atoms with E-state index in [-0.39, 0.29) is 53.5 Å². The van der Waals surface area contributed by atoms with Gasteiger partial charge < -0.3 is 29.8 Å². The van der Waals surface area contributed by atoms with Gasteiger partial charge in [-0.2, -0.15) is 8.78 Å². The molecule has 0 unspecified atom stereocenters. The smallest absolute Gasteiger partial charge is 0.407 e. The second-order valence-electron chi connectivity index (χ2n) is 9.49. The Morgan fingerprint density at radius 1 is 1.24 bits per heavy atom. The molecule has 0 saturated carbocycles. The van der Waals surface area contributed by atoms with E-state index in [4.69, 9.17) is 0 Å². The van der Waals surface area contributed by atoms with Crippen molar-refractivity contribution < 1.29 is 27.9 Å². The molecule has 13 heteroatoms. The van der Waals surface area contributed by atoms with Crippen molar-refractivity contribution in [1.29, 1.82) is 0 Å². The van der Waals surface area contributed by atoms with E-state index in [0.29, 0.717) is 5.52 Å². The first-order valence-electron chi connectivity index (χ1n) is 12.6. The molecule has 0 aliphatic carbocycles. The summed E-state index contributed by atoms with van der Waals surface area (Å²) in [5, 5.41) is 4.94. The van der Waals surface area contributed by atoms with Crippen LogP contribution in [0.4, 0.5) is 19.3 Å². The van der Waals surface area contributed by atoms with E-state index in [0.717, 1.165) is 7.11 Å². The van der Waals surface area contributed by atoms with Crippen LogP contribution in [0, 0.1) is 0 Å². The maximum atomic E-state index is 14.7. The van der Waals surface area contributed by atoms with E-state index >= 15 is 0 Å². The summed E-state index contributed by atoms with van der Waals surface area (Å²) in [6.45, 7) is 4.52. The van der Waals surface area contributed by atoms with Crippen LogP contribution in [0.3, 0.4) is 0 Å². The molecule has 11 nitrogen and oxygen atoms in total. The predicted octanol–water partition coefficient (Wildman–Crippen LogP) is 3.53. The summed E-state index contributed by atoms with van der Waals surface area (Å²) in [6.07, 6.45) is 3.94. The number of fused-ring (bicyclic) bond motifs is 1. The number of anilines is 1. The number of nitrogens with one attached hydrogen (secondary N) is 3. The van der Waals surface area contributed by atoms with Crippen LogP contribution in [0.2, 0.25) is 0 Å². The Morgan fingerprint density at radius 2 is 1.98 bits per heavy atom. The van der Waals surface area contributed by atoms with Crippen molar-refractivity contribution in [1.82, 2.24) is 24.8 Å². The molecule has 0 radical (unpaired) electrons. The van der Waals surface area contributed by atoms with Gasteiger partial charge in [-0.15, -0.1) is 0 Å². The zero-order chi connectivity index (χ0) is 30.3. The number of benzene rings is 1. The van der Waals surface area contributed by atoms with Gasteiger partial charge in [-0.3, -0.25) is 14.4 Å². The second-order valence-corrected chi connectivity index (χ2v) is 9.49. The number of pyridine rings is 1. The van der Waals surface area contributed by atoms with Gasteiger partial charge >= 0.3 is 6.09 Å². The van der Waals surface area contributed by atoms with Crippen LogP contribution in [0.15, 0.2) is 65.6 Å². The number of halogens is 2. The molecule has 2 aromatic heterocycles. The van der Waals surface area contributed by atoms with Crippen LogP contribution >= 0.6 is 0 Å². The van der Waals surface area contributed by atoms with Gasteiger partial charge in [0.05, 0.1) is 30.3 Å². The molecule has 3 amide bonds. The number of carbonyl (C=O) groups is 3. The van der Waals surface area contributed by atoms with Crippen LogP contribution in [-0.4, -0.2) is 64.6 Å². The van der Waals surface area contributed by atoms with E-state index in [9.17, 15) is 28.0 Å². The molecule has 3 rings (SSSR count). The summed E-state index contributed by atoms with van der Waals surface area (Å²) in [5.74, 6) is -3.95. The number of likely N-dealkylation sites (N-methyl/N-ethyl adjacent to an activating group) is 1. The maximum Gasteiger partial charge on any atom is 0.407 e. The average Bonchev–Trinajstić information content (AvgIpc) is 3.34. The summed E-state index contributed by atoms with van der Waals surface area (Å²) in [5.41, 5.74) is -0.851. The lowest BCUT2D eigenvalue weighted by molar-refractivity contribution is -0.123. The highest BCUT2D eigenvalue weighted by Crippen LogP contribution is 2.37. The van der Waals surface area contributed by atoms with Crippen LogP contribution in [0.1, 0.15) is 31.2 Å². The van der Waals surface area contributed by atoms with E-state index in [1.165, 1.54) is 52.9 Å². The molecular weight excluding hydrogens is 538 g/mol. The lowest BCUT2D eigenvalue weighted by Crippen LogP contribution is -2.44. The molecule has 41 heavy (non-hydrogen) atoms. The molecule has 0 aliphatic heterocycles. The summed E-state index contributed by atoms with van der Waals surface area (Å²) >= 11 is 0. The van der Waals surface area contributed by atoms with Crippen molar-refractivity contribution in [2.24, 2.45) is 0 Å². The molecule has 3 N–H and O–H groups in total. The van der Waals surface area contributed by atoms with Crippen molar-refractivity contribution in [3.8, 4) is 0 Å². The van der Waals surface area contributed by atoms with E-state index < -0.39 is 29.5 Å². The van der Waals surface area contributed by atoms with Gasteiger partial charge in [0, 0.05) is 20.3 Å². The van der Waals surface area contributed by atoms with Gasteiger partial charge in [0.1, 0.15) is 17.6 Å². The Kier molecular flexibility index (Phi) is 9.76. The highest BCUT2D eigenvalue weighted by atomic mass is 19.3. The Bertz CT molecular complexity index is 1540. The maximum absolute atomic E-state index is 14.7. The number of alkyl halides is 2. The Balaban J connectivity index is 1.80. The second kappa shape index (κ2) is 13.0. The fourth-order valence-corrected chi connectivity index (χ4v) is 3.85. The fraction of sp³-hybridized carbons (Fsp3) is 0.321. The Labute approximate surface area is 234 Å². The Hall–Kier alpha value is -4.81. The van der Waals surface area contributed by atoms with Crippen molar-refractivity contribution in [3.63, 3.8) is 0 Å². The van der Waals surface area contributed by atoms with Crippen LogP contribution < -0.4 is 16.2 Å². The number of carbonyl (C=O) groups excluding carboxylic acids is 3. The summed E-state index contributed by atoms with van der Waals surface area (Å²) in [7, 11) is 4.35. The number of alkyl carbamates (subject to hydrolysis) is 1. The van der Waals surface area contributed by atoms with E-state index in [1.807, 2.05) is 0 Å². The Morgan fingerprint density at radius 3 is 2.63 bits per heavy atom. The van der Waals surface area contributed by atoms with Gasteiger partial charge in [0.2, 0.25) is 11.8 Å². The molecule has 0 spiro atoms. The third-order valence-electron chi connectivity index (χ3n) is 6.15. The molecule has 3 aromatic rings. The van der Waals surface area contributed by atoms with Crippen molar-refractivity contribution in [3.05, 3.63) is 82.6 Å². The summed E-state index contributed by atoms with van der Waals surface area (Å²) in [6, 6.07) is 6.21. The normalized spacial score (nSPS) is 12.2. The number of methoxy groups -OCH3 is 1. The predicted molar refractivity (Wildman–Crippen MR) is 150 cm³/mol. The molecule has 1 aromatic carbocycles. The monoisotopic (exact) mass is 570 g/mol. The number of ether oxygens (including phenoxy) is 1. The standard InChI is InChI=1S/C28H32F2N6O5/c1-17(2)28(29,30)18-10-8-12-19-24(18)34-22(31-19)16-36-15-9-13-21(26(36)39)32-25(38)20(33-27(40)41-5)11-6-7-14-23(37)35(3)4/h7-10,12-15,20H,1,6,11,16H2,2-5H3,(H,31,34)(H,32,38)(H,33,40)/b14-7+/t20-/m0/s1. The zero-order valence-corrected chi connectivity index (χ0v) is 23.2. The van der Waals surface area contributed by atoms with E-state index in [2.05, 4.69) is 31.9 Å². The molecule has 1 atom stereocenters. The lowest BCUT2D eigenvalue weighted by Gasteiger charge is -2.17. The van der Waals surface area contributed by atoms with Crippen molar-refractivity contribution in [2.45, 2.75) is 38.3 Å². The van der Waals surface area contributed by atoms with Crippen LogP contribution in [0.5, 0.6) is 0 Å². The number of H-pyrrole nitrogens is 1. The number of aromatic nitrogens is 3. The number of amides is 3. The van der Waals surface area contributed by atoms with Crippen molar-refractivity contribution in [2.75, 3.05) is 26.5 Å². The number of para-hydroxylation sites is 1. The SMILES string of the molecule is C=C(C)C(F)(F)c1cccc2[nH]c(Cn3cccc(NC(=O)[C@H](CC/C=C/C(=O)N(C)C)NC(=O)OC)c3=O)nc12. The number of rotatable bonds is 11. The molecule has 0 bridgehead atoms. The van der Waals surface area contributed by atoms with E-state index in [1.54, 1.807) is 26.2 Å². The van der Waals surface area contributed by atoms with Gasteiger partial charge in [-0.05, 0) is 49.6 Å². The largest absolute Gasteiger partial charge is 0.453 e. The van der Waals surface area contributed by atoms with Crippen LogP contribution in [0.25, 0.3) is 11.0 Å². The van der Waals surface area contributed by atoms with Gasteiger partial charge in [0.15, 0.2) is 0 Å². The first-order valence-corrected chi connectivity index (χ1v) is 12.6. The number of hydrogen-bond acceptors (Lipinski definition) is 6. The molecule has 2 heterocycles. The first kappa shape index (κ1) is 30.7. The number of hydrogen-bond donors (Lipinski definition) is 3. The van der Waals surface area contributed by atoms with Gasteiger partial charge in [-0.1, -0.05) is 24.8 Å². The molecule has 0 aliphatic rings. The topological polar surface area (TPSA) is 138 Å². The van der Waals surface area contributed by atoms with Crippen molar-refractivity contribution >= 4 is 34.6 Å². The van der Waals surface area contributed by atoms with Gasteiger partial charge in [-0.25, -0.2) is 9.78 Å². The fourth-order valence-electron chi connectivity index (χ4n) is 3.85. The zero-order valence-electron chi connectivity index (χ0n) is 23.2. The third-order valence-corrected chi connectivity index (χ3v) is 6.15. The minimum Gasteiger partial charge on any atom is -0.453 e. The number of aromatic amines is 1. The highest BCUT2D eigenvalue weighted by Gasteiger charge is 2.35. The lowest BCUT2D eigenvalue weighted by atomic mass is 10.0. The number of imidazole rings is 1. The summed E-state index contributed by atoms with van der Waals surface area (Å²) < 4.78 is 35.3. The number of allylic oxidation sites excluding steroid dienone is 2. The quantitative estimate of drug-likeness (QED) is 0.238. The molecular formula is C28H32F2N6O5. The minimum absolute atomic E-state index is 0.0612. The number of nitrogens with zero attached hydrogens (tertiary/aromatic N) is 3. The summed E-state index contributed by atoms with van der Waals surface area (Å²) in [4.78, 5) is 58.3. The highest BCUT2D eigenvalue weighted by molar-refractivity contribution is 5.96.